The van der Waals surface area contributed by atoms with E-state index in [9.17, 15) is 43.2 Å². The lowest BCUT2D eigenvalue weighted by Gasteiger charge is -2.21. The average Bonchev–Trinajstić information content (AvgIpc) is 0.902. The predicted octanol–water partition coefficient (Wildman–Crippen LogP) is 25.9. The molecule has 0 rings (SSSR count). The van der Waals surface area contributed by atoms with E-state index in [4.69, 9.17) is 37.0 Å². The highest BCUT2D eigenvalue weighted by atomic mass is 31.2. The Morgan fingerprint density at radius 3 is 0.676 bits per heavy atom. The third-order valence-electron chi connectivity index (χ3n) is 20.8. The Kier molecular flexibility index (Phi) is 73.4. The summed E-state index contributed by atoms with van der Waals surface area (Å²) >= 11 is 0. The Bertz CT molecular complexity index is 2050. The number of phosphoric ester groups is 2. The minimum Gasteiger partial charge on any atom is -0.462 e. The van der Waals surface area contributed by atoms with Gasteiger partial charge in [-0.15, -0.1) is 0 Å². The fourth-order valence-corrected chi connectivity index (χ4v) is 14.8. The molecule has 105 heavy (non-hydrogen) atoms. The molecule has 3 N–H and O–H groups in total. The second kappa shape index (κ2) is 74.8. The summed E-state index contributed by atoms with van der Waals surface area (Å²) in [7, 11) is -9.93. The minimum absolute atomic E-state index is 0.107. The first-order valence-corrected chi connectivity index (χ1v) is 47.3. The van der Waals surface area contributed by atoms with Crippen molar-refractivity contribution in [2.45, 2.75) is 465 Å². The normalized spacial score (nSPS) is 14.4. The molecule has 0 fully saturated rings. The quantitative estimate of drug-likeness (QED) is 0.0222. The number of hydrogen-bond donors (Lipinski definition) is 3. The van der Waals surface area contributed by atoms with Crippen molar-refractivity contribution in [1.29, 1.82) is 0 Å². The van der Waals surface area contributed by atoms with Gasteiger partial charge in [-0.1, -0.05) is 396 Å². The first kappa shape index (κ1) is 103. The number of hydrogen-bond acceptors (Lipinski definition) is 15. The minimum atomic E-state index is -4.96. The van der Waals surface area contributed by atoms with E-state index >= 15 is 0 Å². The number of aliphatic hydroxyl groups excluding tert-OH is 1. The maximum absolute atomic E-state index is 13.1. The van der Waals surface area contributed by atoms with Gasteiger partial charge in [-0.2, -0.15) is 0 Å². The summed E-state index contributed by atoms with van der Waals surface area (Å²) in [5.41, 5.74) is 0. The maximum Gasteiger partial charge on any atom is 0.472 e. The number of esters is 4. The molecule has 0 aromatic heterocycles. The molecule has 0 aliphatic heterocycles. The van der Waals surface area contributed by atoms with Gasteiger partial charge in [-0.3, -0.25) is 37.3 Å². The van der Waals surface area contributed by atoms with Gasteiger partial charge in [0.1, 0.15) is 19.3 Å². The zero-order valence-corrected chi connectivity index (χ0v) is 71.2. The number of carbonyl (C=O) groups is 4. The molecule has 4 unspecified atom stereocenters. The molecule has 0 amide bonds. The van der Waals surface area contributed by atoms with E-state index in [1.807, 2.05) is 0 Å². The zero-order chi connectivity index (χ0) is 77.4. The van der Waals surface area contributed by atoms with Crippen LogP contribution in [0, 0.1) is 23.7 Å². The highest BCUT2D eigenvalue weighted by Crippen LogP contribution is 2.45. The Hall–Kier alpha value is -1.94. The molecule has 624 valence electrons. The number of carbonyl (C=O) groups excluding carboxylic acids is 4. The van der Waals surface area contributed by atoms with Crippen LogP contribution in [-0.2, 0) is 65.4 Å². The SMILES string of the molecule is CCC(C)CCCCCCCCCCCCCCCCCCCCC(=O)O[C@H](COC(=O)CCCCCCCCC(C)CC)COP(=O)(O)OC[C@H](O)COP(=O)(O)OC[C@@H](COC(=O)CCCCCCCCCCCCCCCCCCC(C)C)OC(=O)CCCCCCCCCCCCCC(C)C. The van der Waals surface area contributed by atoms with Crippen LogP contribution in [0.15, 0.2) is 0 Å². The van der Waals surface area contributed by atoms with Crippen molar-refractivity contribution in [3.8, 4) is 0 Å². The molecule has 0 aromatic carbocycles. The summed E-state index contributed by atoms with van der Waals surface area (Å²) in [6.07, 6.45) is 63.9. The maximum atomic E-state index is 13.1. The first-order chi connectivity index (χ1) is 50.7. The average molecular weight is 1540 g/mol. The van der Waals surface area contributed by atoms with E-state index in [0.717, 1.165) is 120 Å². The van der Waals surface area contributed by atoms with Gasteiger partial charge in [-0.05, 0) is 49.4 Å². The molecule has 0 spiro atoms. The number of rotatable bonds is 83. The lowest BCUT2D eigenvalue weighted by Crippen LogP contribution is -2.30. The van der Waals surface area contributed by atoms with E-state index in [1.54, 1.807) is 0 Å². The predicted molar refractivity (Wildman–Crippen MR) is 432 cm³/mol. The lowest BCUT2D eigenvalue weighted by molar-refractivity contribution is -0.161. The summed E-state index contributed by atoms with van der Waals surface area (Å²) in [6.45, 7) is 14.3. The fraction of sp³-hybridized carbons (Fsp3) is 0.953. The molecule has 0 bridgehead atoms. The van der Waals surface area contributed by atoms with Crippen molar-refractivity contribution in [1.82, 2.24) is 0 Å². The monoisotopic (exact) mass is 1540 g/mol. The second-order valence-corrected chi connectivity index (χ2v) is 35.3. The van der Waals surface area contributed by atoms with Gasteiger partial charge in [0.25, 0.3) is 0 Å². The Balaban J connectivity index is 5.19. The van der Waals surface area contributed by atoms with Gasteiger partial charge in [0.05, 0.1) is 26.4 Å². The molecule has 0 saturated heterocycles. The Labute approximate surface area is 645 Å². The molecule has 0 aliphatic carbocycles. The number of unbranched alkanes of at least 4 members (excludes halogenated alkanes) is 47. The van der Waals surface area contributed by atoms with Crippen LogP contribution in [0.5, 0.6) is 0 Å². The summed E-state index contributed by atoms with van der Waals surface area (Å²) in [5, 5.41) is 10.7. The molecule has 0 aliphatic rings. The van der Waals surface area contributed by atoms with Crippen molar-refractivity contribution in [2.24, 2.45) is 23.7 Å². The van der Waals surface area contributed by atoms with Crippen LogP contribution in [0.3, 0.4) is 0 Å². The largest absolute Gasteiger partial charge is 0.472 e. The van der Waals surface area contributed by atoms with Gasteiger partial charge < -0.3 is 33.8 Å². The fourth-order valence-electron chi connectivity index (χ4n) is 13.3. The third kappa shape index (κ3) is 77.2. The molecule has 17 nitrogen and oxygen atoms in total. The van der Waals surface area contributed by atoms with Gasteiger partial charge in [-0.25, -0.2) is 9.13 Å². The standard InChI is InChI=1S/C86H168O17P2/c1-9-78(7)64-56-48-40-34-28-22-18-13-11-12-14-20-24-30-36-42-52-60-68-85(90)103-82(73-97-84(89)67-59-51-45-44-49-57-65-79(8)10-2)75-101-105(94,95)99-71-80(87)70-98-104(92,93)100-74-81(102-86(91)69-61-53-43-37-31-25-27-33-39-47-55-63-77(5)6)72-96-83(88)66-58-50-41-35-29-23-19-16-15-17-21-26-32-38-46-54-62-76(3)4/h76-82,87H,9-75H2,1-8H3,(H,92,93)(H,94,95)/t78?,79?,80-,81-,82-/m1/s1. The van der Waals surface area contributed by atoms with Gasteiger partial charge >= 0.3 is 39.5 Å². The molecule has 0 radical (unpaired) electrons. The molecular weight excluding hydrogens is 1370 g/mol. The number of ether oxygens (including phenoxy) is 4. The summed E-state index contributed by atoms with van der Waals surface area (Å²) in [5.74, 6) is 1.07. The smallest absolute Gasteiger partial charge is 0.462 e. The summed E-state index contributed by atoms with van der Waals surface area (Å²) in [4.78, 5) is 73.2. The lowest BCUT2D eigenvalue weighted by atomic mass is 9.99. The molecule has 0 aromatic rings. The van der Waals surface area contributed by atoms with Gasteiger partial charge in [0, 0.05) is 25.7 Å². The second-order valence-electron chi connectivity index (χ2n) is 32.4. The molecule has 7 atom stereocenters. The molecular formula is C86H168O17P2. The van der Waals surface area contributed by atoms with Crippen molar-refractivity contribution in [2.75, 3.05) is 39.6 Å². The van der Waals surface area contributed by atoms with Crippen LogP contribution in [-0.4, -0.2) is 96.7 Å². The Morgan fingerprint density at radius 1 is 0.267 bits per heavy atom. The third-order valence-corrected chi connectivity index (χ3v) is 22.7. The number of phosphoric acid groups is 2. The van der Waals surface area contributed by atoms with E-state index in [1.165, 1.54) is 244 Å². The molecule has 19 heteroatoms. The summed E-state index contributed by atoms with van der Waals surface area (Å²) in [6, 6.07) is 0. The highest BCUT2D eigenvalue weighted by Gasteiger charge is 2.31. The zero-order valence-electron chi connectivity index (χ0n) is 69.4. The topological polar surface area (TPSA) is 237 Å². The van der Waals surface area contributed by atoms with Crippen LogP contribution in [0.25, 0.3) is 0 Å². The highest BCUT2D eigenvalue weighted by molar-refractivity contribution is 7.47. The van der Waals surface area contributed by atoms with E-state index in [-0.39, 0.29) is 25.7 Å². The van der Waals surface area contributed by atoms with Crippen molar-refractivity contribution in [3.63, 3.8) is 0 Å². The van der Waals surface area contributed by atoms with E-state index < -0.39 is 97.5 Å². The van der Waals surface area contributed by atoms with Crippen LogP contribution in [0.2, 0.25) is 0 Å². The first-order valence-electron chi connectivity index (χ1n) is 44.3. The van der Waals surface area contributed by atoms with Crippen molar-refractivity contribution >= 4 is 39.5 Å². The molecule has 0 heterocycles. The van der Waals surface area contributed by atoms with Crippen LogP contribution >= 0.6 is 15.6 Å². The Morgan fingerprint density at radius 2 is 0.457 bits per heavy atom. The van der Waals surface area contributed by atoms with Crippen molar-refractivity contribution in [3.05, 3.63) is 0 Å². The summed E-state index contributed by atoms with van der Waals surface area (Å²) < 4.78 is 68.9. The van der Waals surface area contributed by atoms with E-state index in [0.29, 0.717) is 25.7 Å². The van der Waals surface area contributed by atoms with Crippen molar-refractivity contribution < 1.29 is 80.2 Å². The van der Waals surface area contributed by atoms with Gasteiger partial charge in [0.15, 0.2) is 12.2 Å². The van der Waals surface area contributed by atoms with Crippen LogP contribution < -0.4 is 0 Å². The van der Waals surface area contributed by atoms with E-state index in [2.05, 4.69) is 55.4 Å². The van der Waals surface area contributed by atoms with Gasteiger partial charge in [0.2, 0.25) is 0 Å². The number of aliphatic hydroxyl groups is 1. The molecule has 0 saturated carbocycles. The van der Waals surface area contributed by atoms with Crippen LogP contribution in [0.1, 0.15) is 447 Å². The van der Waals surface area contributed by atoms with Crippen LogP contribution in [0.4, 0.5) is 0 Å².